The highest BCUT2D eigenvalue weighted by atomic mass is 32.2. The third-order valence-electron chi connectivity index (χ3n) is 4.59. The van der Waals surface area contributed by atoms with Crippen molar-refractivity contribution in [3.05, 3.63) is 65.0 Å². The van der Waals surface area contributed by atoms with Gasteiger partial charge in [0.1, 0.15) is 5.82 Å². The minimum absolute atomic E-state index is 0.202. The Morgan fingerprint density at radius 3 is 2.56 bits per heavy atom. The van der Waals surface area contributed by atoms with E-state index >= 15 is 0 Å². The fourth-order valence-electron chi connectivity index (χ4n) is 3.23. The normalized spacial score (nSPS) is 19.6. The molecule has 1 atom stereocenters. The number of aryl methyl sites for hydroxylation is 2. The molecule has 25 heavy (non-hydrogen) atoms. The SMILES string of the molecule is Cc1ccccc1[C@@H]1CCN(S(=O)(=O)c2ccc(F)cc2C)CCS1. The molecule has 6 heteroatoms. The summed E-state index contributed by atoms with van der Waals surface area (Å²) in [6.45, 7) is 4.69. The summed E-state index contributed by atoms with van der Waals surface area (Å²) >= 11 is 1.81. The van der Waals surface area contributed by atoms with E-state index in [1.165, 1.54) is 29.3 Å². The van der Waals surface area contributed by atoms with E-state index in [1.807, 2.05) is 12.1 Å². The first kappa shape index (κ1) is 18.4. The quantitative estimate of drug-likeness (QED) is 0.797. The molecule has 0 saturated carbocycles. The van der Waals surface area contributed by atoms with E-state index in [2.05, 4.69) is 19.1 Å². The molecule has 0 bridgehead atoms. The summed E-state index contributed by atoms with van der Waals surface area (Å²) in [4.78, 5) is 0.202. The molecule has 0 N–H and O–H groups in total. The zero-order chi connectivity index (χ0) is 18.0. The molecule has 1 aliphatic heterocycles. The highest BCUT2D eigenvalue weighted by Gasteiger charge is 2.29. The standard InChI is InChI=1S/C19H22FNO2S2/c1-14-5-3-4-6-17(14)18-9-10-21(11-12-24-18)25(22,23)19-8-7-16(20)13-15(19)2/h3-8,13,18H,9-12H2,1-2H3/t18-/m0/s1. The van der Waals surface area contributed by atoms with Crippen molar-refractivity contribution in [1.82, 2.24) is 4.31 Å². The average Bonchev–Trinajstić information content (AvgIpc) is 2.81. The van der Waals surface area contributed by atoms with Crippen molar-refractivity contribution in [2.24, 2.45) is 0 Å². The molecule has 0 amide bonds. The van der Waals surface area contributed by atoms with Crippen LogP contribution in [0.3, 0.4) is 0 Å². The second-order valence-electron chi connectivity index (χ2n) is 6.32. The molecule has 0 unspecified atom stereocenters. The van der Waals surface area contributed by atoms with Crippen LogP contribution in [0, 0.1) is 19.7 Å². The van der Waals surface area contributed by atoms with E-state index in [0.717, 1.165) is 12.2 Å². The van der Waals surface area contributed by atoms with Crippen LogP contribution >= 0.6 is 11.8 Å². The van der Waals surface area contributed by atoms with Gasteiger partial charge in [0.2, 0.25) is 10.0 Å². The van der Waals surface area contributed by atoms with Gasteiger partial charge in [0, 0.05) is 24.1 Å². The van der Waals surface area contributed by atoms with Crippen molar-refractivity contribution in [3.8, 4) is 0 Å². The van der Waals surface area contributed by atoms with Gasteiger partial charge in [-0.2, -0.15) is 16.1 Å². The molecule has 3 rings (SSSR count). The zero-order valence-electron chi connectivity index (χ0n) is 14.4. The van der Waals surface area contributed by atoms with Crippen LogP contribution in [0.5, 0.6) is 0 Å². The lowest BCUT2D eigenvalue weighted by Crippen LogP contribution is -2.33. The monoisotopic (exact) mass is 379 g/mol. The Balaban J connectivity index is 1.82. The maximum atomic E-state index is 13.3. The Morgan fingerprint density at radius 2 is 1.84 bits per heavy atom. The maximum Gasteiger partial charge on any atom is 0.243 e. The van der Waals surface area contributed by atoms with Crippen molar-refractivity contribution >= 4 is 21.8 Å². The van der Waals surface area contributed by atoms with E-state index in [-0.39, 0.29) is 4.90 Å². The lowest BCUT2D eigenvalue weighted by atomic mass is 10.0. The Hall–Kier alpha value is -1.37. The summed E-state index contributed by atoms with van der Waals surface area (Å²) in [7, 11) is -3.60. The molecule has 2 aromatic rings. The van der Waals surface area contributed by atoms with Gasteiger partial charge in [-0.3, -0.25) is 0 Å². The Morgan fingerprint density at radius 1 is 1.08 bits per heavy atom. The largest absolute Gasteiger partial charge is 0.243 e. The molecule has 2 aromatic carbocycles. The van der Waals surface area contributed by atoms with Crippen molar-refractivity contribution in [2.75, 3.05) is 18.8 Å². The minimum Gasteiger partial charge on any atom is -0.207 e. The lowest BCUT2D eigenvalue weighted by molar-refractivity contribution is 0.427. The third-order valence-corrected chi connectivity index (χ3v) is 7.96. The molecule has 1 heterocycles. The number of benzene rings is 2. The zero-order valence-corrected chi connectivity index (χ0v) is 16.0. The van der Waals surface area contributed by atoms with E-state index in [4.69, 9.17) is 0 Å². The first-order valence-electron chi connectivity index (χ1n) is 8.33. The third kappa shape index (κ3) is 3.91. The highest BCUT2D eigenvalue weighted by Crippen LogP contribution is 2.37. The fourth-order valence-corrected chi connectivity index (χ4v) is 6.33. The Kier molecular flexibility index (Phi) is 5.51. The average molecular weight is 380 g/mol. The number of sulfonamides is 1. The maximum absolute atomic E-state index is 13.3. The van der Waals surface area contributed by atoms with Crippen LogP contribution in [0.1, 0.15) is 28.4 Å². The van der Waals surface area contributed by atoms with Gasteiger partial charge in [0.25, 0.3) is 0 Å². The molecule has 0 aromatic heterocycles. The van der Waals surface area contributed by atoms with Crippen LogP contribution in [-0.2, 0) is 10.0 Å². The van der Waals surface area contributed by atoms with E-state index < -0.39 is 15.8 Å². The second kappa shape index (κ2) is 7.48. The molecule has 0 spiro atoms. The number of hydrogen-bond donors (Lipinski definition) is 0. The smallest absolute Gasteiger partial charge is 0.207 e. The molecule has 0 radical (unpaired) electrons. The number of thioether (sulfide) groups is 1. The number of hydrogen-bond acceptors (Lipinski definition) is 3. The fraction of sp³-hybridized carbons (Fsp3) is 0.368. The van der Waals surface area contributed by atoms with Crippen molar-refractivity contribution in [2.45, 2.75) is 30.4 Å². The van der Waals surface area contributed by atoms with Gasteiger partial charge >= 0.3 is 0 Å². The van der Waals surface area contributed by atoms with Gasteiger partial charge in [-0.1, -0.05) is 24.3 Å². The molecule has 1 aliphatic rings. The number of halogens is 1. The lowest BCUT2D eigenvalue weighted by Gasteiger charge is -2.21. The summed E-state index contributed by atoms with van der Waals surface area (Å²) in [6, 6.07) is 12.1. The van der Waals surface area contributed by atoms with Gasteiger partial charge < -0.3 is 0 Å². The van der Waals surface area contributed by atoms with Gasteiger partial charge in [0.05, 0.1) is 4.90 Å². The van der Waals surface area contributed by atoms with Crippen molar-refractivity contribution in [3.63, 3.8) is 0 Å². The summed E-state index contributed by atoms with van der Waals surface area (Å²) in [6.07, 6.45) is 0.773. The van der Waals surface area contributed by atoms with E-state index in [0.29, 0.717) is 23.9 Å². The van der Waals surface area contributed by atoms with E-state index in [1.54, 1.807) is 23.0 Å². The second-order valence-corrected chi connectivity index (χ2v) is 9.54. The van der Waals surface area contributed by atoms with Crippen LogP contribution in [0.2, 0.25) is 0 Å². The highest BCUT2D eigenvalue weighted by molar-refractivity contribution is 7.99. The van der Waals surface area contributed by atoms with Gasteiger partial charge in [-0.05, 0) is 55.2 Å². The predicted molar refractivity (Wildman–Crippen MR) is 101 cm³/mol. The summed E-state index contributed by atoms with van der Waals surface area (Å²) < 4.78 is 40.8. The molecule has 1 fully saturated rings. The molecular formula is C19H22FNO2S2. The molecule has 3 nitrogen and oxygen atoms in total. The van der Waals surface area contributed by atoms with Crippen molar-refractivity contribution in [1.29, 1.82) is 0 Å². The van der Waals surface area contributed by atoms with E-state index in [9.17, 15) is 12.8 Å². The van der Waals surface area contributed by atoms with Gasteiger partial charge in [-0.25, -0.2) is 12.8 Å². The van der Waals surface area contributed by atoms with Crippen LogP contribution < -0.4 is 0 Å². The molecule has 134 valence electrons. The first-order chi connectivity index (χ1) is 11.9. The molecular weight excluding hydrogens is 357 g/mol. The van der Waals surface area contributed by atoms with Crippen LogP contribution in [0.15, 0.2) is 47.4 Å². The number of nitrogens with zero attached hydrogens (tertiary/aromatic N) is 1. The van der Waals surface area contributed by atoms with Gasteiger partial charge in [0.15, 0.2) is 0 Å². The topological polar surface area (TPSA) is 37.4 Å². The van der Waals surface area contributed by atoms with Crippen LogP contribution in [-0.4, -0.2) is 31.6 Å². The Bertz CT molecular complexity index is 867. The summed E-state index contributed by atoms with van der Waals surface area (Å²) in [5.41, 5.74) is 2.97. The molecule has 1 saturated heterocycles. The van der Waals surface area contributed by atoms with Gasteiger partial charge in [-0.15, -0.1) is 0 Å². The summed E-state index contributed by atoms with van der Waals surface area (Å²) in [5.74, 6) is 0.334. The van der Waals surface area contributed by atoms with Crippen molar-refractivity contribution < 1.29 is 12.8 Å². The Labute approximate surface area is 153 Å². The van der Waals surface area contributed by atoms with Crippen LogP contribution in [0.4, 0.5) is 4.39 Å². The minimum atomic E-state index is -3.60. The first-order valence-corrected chi connectivity index (χ1v) is 10.8. The summed E-state index contributed by atoms with van der Waals surface area (Å²) in [5, 5.41) is 0.302. The number of rotatable bonds is 3. The van der Waals surface area contributed by atoms with Crippen LogP contribution in [0.25, 0.3) is 0 Å². The predicted octanol–water partition coefficient (Wildman–Crippen LogP) is 4.31. The molecule has 0 aliphatic carbocycles.